The summed E-state index contributed by atoms with van der Waals surface area (Å²) in [5.41, 5.74) is 1.05. The largest absolute Gasteiger partial charge is 0.376 e. The number of nitrogens with zero attached hydrogens (tertiary/aromatic N) is 3. The van der Waals surface area contributed by atoms with Gasteiger partial charge in [0.2, 0.25) is 10.0 Å². The van der Waals surface area contributed by atoms with Gasteiger partial charge in [-0.1, -0.05) is 13.8 Å². The van der Waals surface area contributed by atoms with Crippen molar-refractivity contribution in [2.24, 2.45) is 0 Å². The number of nitro groups is 1. The van der Waals surface area contributed by atoms with Gasteiger partial charge in [0.1, 0.15) is 0 Å². The van der Waals surface area contributed by atoms with Crippen molar-refractivity contribution in [1.82, 2.24) is 4.31 Å². The molecule has 0 spiro atoms. The van der Waals surface area contributed by atoms with Gasteiger partial charge in [-0.15, -0.1) is 0 Å². The van der Waals surface area contributed by atoms with Crippen LogP contribution in [0, 0.1) is 10.1 Å². The third-order valence-electron chi connectivity index (χ3n) is 4.38. The molecule has 0 radical (unpaired) electrons. The molecule has 2 rings (SSSR count). The number of non-ortho nitro benzene ring substituents is 1. The Hall–Kier alpha value is -2.98. The number of benzene rings is 2. The van der Waals surface area contributed by atoms with Crippen LogP contribution < -0.4 is 10.2 Å². The molecule has 0 unspecified atom stereocenters. The molecule has 2 aromatic rings. The van der Waals surface area contributed by atoms with Crippen molar-refractivity contribution in [2.75, 3.05) is 37.4 Å². The maximum Gasteiger partial charge on any atom is 0.269 e. The molecule has 9 nitrogen and oxygen atoms in total. The lowest BCUT2D eigenvalue weighted by Crippen LogP contribution is -2.30. The summed E-state index contributed by atoms with van der Waals surface area (Å²) >= 11 is 0. The molecular formula is C19H24N4O5S. The average molecular weight is 420 g/mol. The smallest absolute Gasteiger partial charge is 0.269 e. The first-order valence-electron chi connectivity index (χ1n) is 8.99. The molecule has 0 saturated carbocycles. The third kappa shape index (κ3) is 4.90. The minimum Gasteiger partial charge on any atom is -0.376 e. The Bertz CT molecular complexity index is 1000. The molecule has 0 aliphatic heterocycles. The first kappa shape index (κ1) is 22.3. The van der Waals surface area contributed by atoms with Crippen molar-refractivity contribution >= 4 is 33.0 Å². The number of hydrogen-bond donors (Lipinski definition) is 1. The summed E-state index contributed by atoms with van der Waals surface area (Å²) in [5, 5.41) is 13.5. The number of carbonyl (C=O) groups excluding carboxylic acids is 1. The van der Waals surface area contributed by atoms with Crippen LogP contribution in [0.3, 0.4) is 0 Å². The molecule has 0 aliphatic rings. The third-order valence-corrected chi connectivity index (χ3v) is 6.43. The molecule has 0 aromatic heterocycles. The summed E-state index contributed by atoms with van der Waals surface area (Å²) in [7, 11) is -0.147. The van der Waals surface area contributed by atoms with Crippen LogP contribution in [0.5, 0.6) is 0 Å². The summed E-state index contributed by atoms with van der Waals surface area (Å²) in [6, 6.07) is 9.73. The number of anilines is 2. The standard InChI is InChI=1S/C19H24N4O5S/c1-5-22(6-2)29(27,28)16-11-12-18(21(3)4)17(13-16)20-19(24)14-7-9-15(10-8-14)23(25)26/h7-13H,5-6H2,1-4H3,(H,20,24). The van der Waals surface area contributed by atoms with E-state index in [1.54, 1.807) is 38.9 Å². The molecular weight excluding hydrogens is 396 g/mol. The lowest BCUT2D eigenvalue weighted by Gasteiger charge is -2.22. The molecule has 0 heterocycles. The Kier molecular flexibility index (Phi) is 6.93. The lowest BCUT2D eigenvalue weighted by molar-refractivity contribution is -0.384. The van der Waals surface area contributed by atoms with Gasteiger partial charge in [-0.05, 0) is 30.3 Å². The van der Waals surface area contributed by atoms with Crippen LogP contribution >= 0.6 is 0 Å². The van der Waals surface area contributed by atoms with Crippen LogP contribution in [0.1, 0.15) is 24.2 Å². The van der Waals surface area contributed by atoms with E-state index < -0.39 is 20.9 Å². The van der Waals surface area contributed by atoms with Gasteiger partial charge in [-0.25, -0.2) is 8.42 Å². The molecule has 10 heteroatoms. The number of carbonyl (C=O) groups is 1. The van der Waals surface area contributed by atoms with Crippen molar-refractivity contribution < 1.29 is 18.1 Å². The van der Waals surface area contributed by atoms with E-state index in [1.165, 1.54) is 40.7 Å². The number of nitrogens with one attached hydrogen (secondary N) is 1. The lowest BCUT2D eigenvalue weighted by atomic mass is 10.2. The first-order chi connectivity index (χ1) is 13.6. The van der Waals surface area contributed by atoms with Crippen molar-refractivity contribution in [3.63, 3.8) is 0 Å². The van der Waals surface area contributed by atoms with Crippen molar-refractivity contribution in [3.8, 4) is 0 Å². The van der Waals surface area contributed by atoms with Gasteiger partial charge in [-0.3, -0.25) is 14.9 Å². The predicted octanol–water partition coefficient (Wildman–Crippen LogP) is 2.94. The van der Waals surface area contributed by atoms with Crippen LogP contribution in [0.25, 0.3) is 0 Å². The van der Waals surface area contributed by atoms with Gasteiger partial charge in [0, 0.05) is 44.9 Å². The average Bonchev–Trinajstić information content (AvgIpc) is 2.68. The van der Waals surface area contributed by atoms with E-state index in [9.17, 15) is 23.3 Å². The maximum absolute atomic E-state index is 12.8. The monoisotopic (exact) mass is 420 g/mol. The molecule has 0 saturated heterocycles. The second kappa shape index (κ2) is 9.01. The zero-order valence-corrected chi connectivity index (χ0v) is 17.6. The zero-order chi connectivity index (χ0) is 21.8. The Morgan fingerprint density at radius 3 is 2.14 bits per heavy atom. The van der Waals surface area contributed by atoms with E-state index in [0.717, 1.165) is 0 Å². The Morgan fingerprint density at radius 2 is 1.66 bits per heavy atom. The molecule has 0 aliphatic carbocycles. The minimum atomic E-state index is -3.69. The van der Waals surface area contributed by atoms with E-state index in [4.69, 9.17) is 0 Å². The second-order valence-electron chi connectivity index (χ2n) is 6.42. The Morgan fingerprint density at radius 1 is 1.07 bits per heavy atom. The van der Waals surface area contributed by atoms with Gasteiger partial charge >= 0.3 is 0 Å². The number of sulfonamides is 1. The SMILES string of the molecule is CCN(CC)S(=O)(=O)c1ccc(N(C)C)c(NC(=O)c2ccc([N+](=O)[O-])cc2)c1. The van der Waals surface area contributed by atoms with Gasteiger partial charge in [0.25, 0.3) is 11.6 Å². The topological polar surface area (TPSA) is 113 Å². The summed E-state index contributed by atoms with van der Waals surface area (Å²) in [6.07, 6.45) is 0. The molecule has 1 amide bonds. The fourth-order valence-electron chi connectivity index (χ4n) is 2.81. The van der Waals surface area contributed by atoms with Gasteiger partial charge < -0.3 is 10.2 Å². The molecule has 156 valence electrons. The zero-order valence-electron chi connectivity index (χ0n) is 16.7. The quantitative estimate of drug-likeness (QED) is 0.519. The Balaban J connectivity index is 2.42. The highest BCUT2D eigenvalue weighted by molar-refractivity contribution is 7.89. The highest BCUT2D eigenvalue weighted by atomic mass is 32.2. The van der Waals surface area contributed by atoms with E-state index in [1.807, 2.05) is 0 Å². The van der Waals surface area contributed by atoms with E-state index in [0.29, 0.717) is 24.5 Å². The fraction of sp³-hybridized carbons (Fsp3) is 0.316. The summed E-state index contributed by atoms with van der Waals surface area (Å²) in [6.45, 7) is 4.18. The fourth-order valence-corrected chi connectivity index (χ4v) is 4.29. The van der Waals surface area contributed by atoms with Crippen LogP contribution in [0.2, 0.25) is 0 Å². The van der Waals surface area contributed by atoms with Crippen molar-refractivity contribution in [2.45, 2.75) is 18.7 Å². The van der Waals surface area contributed by atoms with Crippen LogP contribution in [-0.4, -0.2) is 50.7 Å². The second-order valence-corrected chi connectivity index (χ2v) is 8.36. The van der Waals surface area contributed by atoms with Crippen molar-refractivity contribution in [3.05, 3.63) is 58.1 Å². The molecule has 2 aromatic carbocycles. The van der Waals surface area contributed by atoms with Gasteiger partial charge in [0.15, 0.2) is 0 Å². The first-order valence-corrected chi connectivity index (χ1v) is 10.4. The normalized spacial score (nSPS) is 11.3. The highest BCUT2D eigenvalue weighted by Gasteiger charge is 2.23. The van der Waals surface area contributed by atoms with Crippen LogP contribution in [-0.2, 0) is 10.0 Å². The van der Waals surface area contributed by atoms with E-state index >= 15 is 0 Å². The van der Waals surface area contributed by atoms with Crippen molar-refractivity contribution in [1.29, 1.82) is 0 Å². The van der Waals surface area contributed by atoms with Gasteiger partial charge in [-0.2, -0.15) is 4.31 Å². The number of amides is 1. The van der Waals surface area contributed by atoms with Crippen LogP contribution in [0.4, 0.5) is 17.1 Å². The molecule has 29 heavy (non-hydrogen) atoms. The molecule has 0 bridgehead atoms. The van der Waals surface area contributed by atoms with Crippen LogP contribution in [0.15, 0.2) is 47.4 Å². The summed E-state index contributed by atoms with van der Waals surface area (Å²) in [4.78, 5) is 24.7. The molecule has 0 fully saturated rings. The number of rotatable bonds is 8. The maximum atomic E-state index is 12.8. The number of nitro benzene ring substituents is 1. The summed E-state index contributed by atoms with van der Waals surface area (Å²) in [5.74, 6) is -0.500. The summed E-state index contributed by atoms with van der Waals surface area (Å²) < 4.78 is 27.0. The van der Waals surface area contributed by atoms with E-state index in [2.05, 4.69) is 5.32 Å². The van der Waals surface area contributed by atoms with Gasteiger partial charge in [0.05, 0.1) is 21.2 Å². The predicted molar refractivity (Wildman–Crippen MR) is 112 cm³/mol. The molecule has 0 atom stereocenters. The molecule has 1 N–H and O–H groups in total. The highest BCUT2D eigenvalue weighted by Crippen LogP contribution is 2.29. The Labute approximate surface area is 170 Å². The number of hydrogen-bond acceptors (Lipinski definition) is 6. The minimum absolute atomic E-state index is 0.0748. The van der Waals surface area contributed by atoms with E-state index in [-0.39, 0.29) is 16.1 Å².